The molecule has 2 bridgehead atoms. The first-order valence-electron chi connectivity index (χ1n) is 15.2. The summed E-state index contributed by atoms with van der Waals surface area (Å²) in [5.74, 6) is 0.147. The van der Waals surface area contributed by atoms with Gasteiger partial charge in [-0.05, 0) is 98.7 Å². The zero-order valence-electron chi connectivity index (χ0n) is 25.0. The number of fused-ring (bicyclic) bond motifs is 2. The SMILES string of the molecule is CCCc1cc(Cl)ccc1[C@@H]1COc2ccc3cc2N(C1)C[C@@H]1CC[C@H]1[C@@](C)(O)/C=C/C[C@H](C)[C@@H](C)S(=O)(=O)NC3=O. The number of benzene rings is 2. The Hall–Kier alpha value is -2.55. The van der Waals surface area contributed by atoms with Crippen LogP contribution in [0.5, 0.6) is 5.75 Å². The average molecular weight is 615 g/mol. The molecule has 2 aromatic carbocycles. The molecule has 6 atom stereocenters. The first kappa shape index (κ1) is 30.9. The molecule has 2 heterocycles. The number of aliphatic hydroxyl groups is 1. The van der Waals surface area contributed by atoms with Gasteiger partial charge in [-0.1, -0.05) is 50.1 Å². The van der Waals surface area contributed by atoms with Gasteiger partial charge in [0.1, 0.15) is 5.75 Å². The van der Waals surface area contributed by atoms with Crippen LogP contribution in [-0.2, 0) is 16.4 Å². The fourth-order valence-electron chi connectivity index (χ4n) is 6.72. The van der Waals surface area contributed by atoms with Crippen LogP contribution in [0.1, 0.15) is 80.8 Å². The topological polar surface area (TPSA) is 95.9 Å². The van der Waals surface area contributed by atoms with Crippen LogP contribution in [0.15, 0.2) is 48.6 Å². The van der Waals surface area contributed by atoms with Gasteiger partial charge in [-0.25, -0.2) is 13.1 Å². The highest BCUT2D eigenvalue weighted by Crippen LogP contribution is 2.45. The Kier molecular flexibility index (Phi) is 8.98. The molecule has 7 nitrogen and oxygen atoms in total. The molecule has 42 heavy (non-hydrogen) atoms. The van der Waals surface area contributed by atoms with Gasteiger partial charge in [0.25, 0.3) is 5.91 Å². The predicted octanol–water partition coefficient (Wildman–Crippen LogP) is 6.10. The third-order valence-corrected chi connectivity index (χ3v) is 11.8. The zero-order valence-corrected chi connectivity index (χ0v) is 26.5. The maximum absolute atomic E-state index is 13.3. The highest BCUT2D eigenvalue weighted by Gasteiger charge is 2.43. The number of ether oxygens (including phenoxy) is 1. The van der Waals surface area contributed by atoms with Crippen LogP contribution in [0.4, 0.5) is 5.69 Å². The second kappa shape index (κ2) is 12.2. The lowest BCUT2D eigenvalue weighted by Crippen LogP contribution is -2.49. The number of aryl methyl sites for hydroxylation is 1. The van der Waals surface area contributed by atoms with Crippen molar-refractivity contribution >= 4 is 33.2 Å². The van der Waals surface area contributed by atoms with E-state index in [1.165, 1.54) is 11.1 Å². The highest BCUT2D eigenvalue weighted by atomic mass is 35.5. The van der Waals surface area contributed by atoms with Gasteiger partial charge >= 0.3 is 0 Å². The molecule has 1 saturated carbocycles. The normalized spacial score (nSPS) is 32.0. The van der Waals surface area contributed by atoms with Crippen molar-refractivity contribution in [3.63, 3.8) is 0 Å². The molecule has 228 valence electrons. The molecule has 1 amide bonds. The molecule has 0 unspecified atom stereocenters. The van der Waals surface area contributed by atoms with Crippen LogP contribution < -0.4 is 14.4 Å². The van der Waals surface area contributed by atoms with E-state index in [9.17, 15) is 18.3 Å². The monoisotopic (exact) mass is 614 g/mol. The standard InChI is InChI=1S/C33H43ClN2O5S/c1-5-7-23-16-27(34)11-12-28(23)26-19-36-18-25-9-13-29(25)33(4,38)15-6-8-21(2)22(3)42(39,40)35-32(37)24-10-14-31(41-20-26)30(36)17-24/h6,10-12,14-17,21-22,25-26,29,38H,5,7-9,13,18-20H2,1-4H3,(H,35,37)/b15-6+/t21-,22+,25-,26-,29+,33-/m0/s1. The molecule has 0 spiro atoms. The van der Waals surface area contributed by atoms with Gasteiger partial charge in [-0.2, -0.15) is 0 Å². The van der Waals surface area contributed by atoms with Gasteiger partial charge in [-0.3, -0.25) is 4.79 Å². The number of hydrogen-bond donors (Lipinski definition) is 2. The van der Waals surface area contributed by atoms with Gasteiger partial charge in [-0.15, -0.1) is 0 Å². The van der Waals surface area contributed by atoms with E-state index in [0.29, 0.717) is 36.9 Å². The van der Waals surface area contributed by atoms with E-state index >= 15 is 0 Å². The second-order valence-corrected chi connectivity index (χ2v) is 15.1. The minimum absolute atomic E-state index is 0.0562. The van der Waals surface area contributed by atoms with E-state index in [2.05, 4.69) is 22.6 Å². The Morgan fingerprint density at radius 1 is 1.14 bits per heavy atom. The molecule has 5 rings (SSSR count). The van der Waals surface area contributed by atoms with E-state index in [1.807, 2.05) is 38.1 Å². The summed E-state index contributed by atoms with van der Waals surface area (Å²) in [4.78, 5) is 15.6. The first-order chi connectivity index (χ1) is 19.9. The molecule has 0 radical (unpaired) electrons. The molecule has 1 aliphatic carbocycles. The third kappa shape index (κ3) is 6.36. The number of allylic oxidation sites excluding steroid dienone is 1. The summed E-state index contributed by atoms with van der Waals surface area (Å²) >= 11 is 6.38. The number of carbonyl (C=O) groups is 1. The number of anilines is 1. The number of hydrogen-bond acceptors (Lipinski definition) is 6. The smallest absolute Gasteiger partial charge is 0.264 e. The van der Waals surface area contributed by atoms with Crippen molar-refractivity contribution in [3.8, 4) is 5.75 Å². The summed E-state index contributed by atoms with van der Waals surface area (Å²) in [6.07, 6.45) is 8.05. The number of carbonyl (C=O) groups excluding carboxylic acids is 1. The number of halogens is 1. The molecule has 3 aliphatic rings. The molecule has 2 aliphatic heterocycles. The summed E-state index contributed by atoms with van der Waals surface area (Å²) in [6.45, 7) is 9.29. The van der Waals surface area contributed by atoms with E-state index in [4.69, 9.17) is 16.3 Å². The lowest BCUT2D eigenvalue weighted by molar-refractivity contribution is -0.0312. The molecular weight excluding hydrogens is 572 g/mol. The van der Waals surface area contributed by atoms with Crippen molar-refractivity contribution in [1.29, 1.82) is 0 Å². The molecule has 2 N–H and O–H groups in total. The molecule has 0 saturated heterocycles. The quantitative estimate of drug-likeness (QED) is 0.406. The Morgan fingerprint density at radius 2 is 1.93 bits per heavy atom. The summed E-state index contributed by atoms with van der Waals surface area (Å²) < 4.78 is 35.0. The van der Waals surface area contributed by atoms with Crippen LogP contribution >= 0.6 is 11.6 Å². The van der Waals surface area contributed by atoms with Crippen molar-refractivity contribution in [1.82, 2.24) is 4.72 Å². The molecular formula is C33H43ClN2O5S. The lowest BCUT2D eigenvalue weighted by Gasteiger charge is -2.47. The number of nitrogens with zero attached hydrogens (tertiary/aromatic N) is 1. The van der Waals surface area contributed by atoms with E-state index in [-0.39, 0.29) is 29.2 Å². The number of nitrogens with one attached hydrogen (secondary N) is 1. The minimum Gasteiger partial charge on any atom is -0.491 e. The van der Waals surface area contributed by atoms with Crippen molar-refractivity contribution in [2.75, 3.05) is 24.6 Å². The van der Waals surface area contributed by atoms with Crippen LogP contribution in [0, 0.1) is 17.8 Å². The zero-order chi connectivity index (χ0) is 30.2. The summed E-state index contributed by atoms with van der Waals surface area (Å²) in [6, 6.07) is 11.2. The molecule has 1 fully saturated rings. The Morgan fingerprint density at radius 3 is 2.64 bits per heavy atom. The molecule has 0 aromatic heterocycles. The van der Waals surface area contributed by atoms with Crippen LogP contribution in [0.25, 0.3) is 0 Å². The minimum atomic E-state index is -3.92. The van der Waals surface area contributed by atoms with Crippen molar-refractivity contribution in [2.45, 2.75) is 76.6 Å². The molecule has 9 heteroatoms. The van der Waals surface area contributed by atoms with Gasteiger partial charge in [0.05, 0.1) is 23.1 Å². The number of rotatable bonds is 3. The van der Waals surface area contributed by atoms with Gasteiger partial charge < -0.3 is 14.7 Å². The third-order valence-electron chi connectivity index (χ3n) is 9.62. The van der Waals surface area contributed by atoms with Crippen LogP contribution in [-0.4, -0.2) is 50.0 Å². The largest absolute Gasteiger partial charge is 0.491 e. The Labute approximate surface area is 255 Å². The summed E-state index contributed by atoms with van der Waals surface area (Å²) in [5, 5.41) is 11.4. The van der Waals surface area contributed by atoms with Gasteiger partial charge in [0.2, 0.25) is 10.0 Å². The van der Waals surface area contributed by atoms with Crippen LogP contribution in [0.2, 0.25) is 5.02 Å². The van der Waals surface area contributed by atoms with Crippen molar-refractivity contribution in [3.05, 3.63) is 70.3 Å². The van der Waals surface area contributed by atoms with Crippen molar-refractivity contribution in [2.24, 2.45) is 17.8 Å². The van der Waals surface area contributed by atoms with Gasteiger partial charge in [0, 0.05) is 29.6 Å². The fraction of sp³-hybridized carbons (Fsp3) is 0.545. The Bertz CT molecular complexity index is 1460. The van der Waals surface area contributed by atoms with Crippen LogP contribution in [0.3, 0.4) is 0 Å². The van der Waals surface area contributed by atoms with E-state index in [0.717, 1.165) is 31.4 Å². The first-order valence-corrected chi connectivity index (χ1v) is 17.1. The fourth-order valence-corrected chi connectivity index (χ4v) is 8.20. The summed E-state index contributed by atoms with van der Waals surface area (Å²) in [5.41, 5.74) is 2.44. The lowest BCUT2D eigenvalue weighted by atomic mass is 9.65. The summed E-state index contributed by atoms with van der Waals surface area (Å²) in [7, 11) is -3.92. The molecule has 2 aromatic rings. The second-order valence-electron chi connectivity index (χ2n) is 12.7. The maximum atomic E-state index is 13.3. The Balaban J connectivity index is 1.56. The number of amides is 1. The predicted molar refractivity (Wildman–Crippen MR) is 168 cm³/mol. The van der Waals surface area contributed by atoms with E-state index < -0.39 is 26.8 Å². The maximum Gasteiger partial charge on any atom is 0.264 e. The van der Waals surface area contributed by atoms with Gasteiger partial charge in [0.15, 0.2) is 0 Å². The number of sulfonamides is 1. The van der Waals surface area contributed by atoms with E-state index in [1.54, 1.807) is 25.1 Å². The average Bonchev–Trinajstić information content (AvgIpc) is 3.08. The van der Waals surface area contributed by atoms with Crippen molar-refractivity contribution < 1.29 is 23.1 Å². The highest BCUT2D eigenvalue weighted by molar-refractivity contribution is 7.90.